The highest BCUT2D eigenvalue weighted by atomic mass is 32.1. The van der Waals surface area contributed by atoms with Crippen molar-refractivity contribution >= 4 is 23.4 Å². The summed E-state index contributed by atoms with van der Waals surface area (Å²) in [6.07, 6.45) is 0. The summed E-state index contributed by atoms with van der Waals surface area (Å²) in [6.45, 7) is 0.642. The van der Waals surface area contributed by atoms with E-state index in [-0.39, 0.29) is 0 Å². The molecule has 6 heteroatoms. The Morgan fingerprint density at radius 2 is 1.86 bits per heavy atom. The predicted molar refractivity (Wildman–Crippen MR) is 83.6 cm³/mol. The van der Waals surface area contributed by atoms with Gasteiger partial charge in [0.15, 0.2) is 10.4 Å². The number of hydrogen-bond acceptors (Lipinski definition) is 4. The summed E-state index contributed by atoms with van der Waals surface area (Å²) in [5.41, 5.74) is 2.81. The van der Waals surface area contributed by atoms with Gasteiger partial charge in [-0.3, -0.25) is 4.57 Å². The molecule has 0 fully saturated rings. The summed E-state index contributed by atoms with van der Waals surface area (Å²) < 4.78 is 12.9. The monoisotopic (exact) mass is 301 g/mol. The average molecular weight is 301 g/mol. The Kier molecular flexibility index (Phi) is 3.62. The van der Waals surface area contributed by atoms with Crippen LogP contribution in [0, 0.1) is 4.77 Å². The van der Waals surface area contributed by atoms with E-state index in [0.29, 0.717) is 17.2 Å². The molecule has 0 aliphatic rings. The molecule has 0 unspecified atom stereocenters. The summed E-state index contributed by atoms with van der Waals surface area (Å²) in [5.74, 6) is 1.40. The number of ether oxygens (including phenoxy) is 2. The highest BCUT2D eigenvalue weighted by molar-refractivity contribution is 7.71. The van der Waals surface area contributed by atoms with Gasteiger partial charge in [0.05, 0.1) is 26.3 Å². The molecule has 0 bridgehead atoms. The molecule has 1 aromatic carbocycles. The highest BCUT2D eigenvalue weighted by Crippen LogP contribution is 2.19. The lowest BCUT2D eigenvalue weighted by molar-refractivity contribution is 0.399. The van der Waals surface area contributed by atoms with Gasteiger partial charge in [0.2, 0.25) is 5.88 Å². The number of hydrogen-bond donors (Lipinski definition) is 1. The smallest absolute Gasteiger partial charge is 0.215 e. The van der Waals surface area contributed by atoms with Crippen molar-refractivity contribution < 1.29 is 9.47 Å². The van der Waals surface area contributed by atoms with Gasteiger partial charge in [-0.2, -0.15) is 4.98 Å². The molecular weight excluding hydrogens is 286 g/mol. The van der Waals surface area contributed by atoms with E-state index >= 15 is 0 Å². The van der Waals surface area contributed by atoms with E-state index in [9.17, 15) is 0 Å². The van der Waals surface area contributed by atoms with Crippen molar-refractivity contribution in [2.24, 2.45) is 0 Å². The first-order chi connectivity index (χ1) is 10.2. The lowest BCUT2D eigenvalue weighted by Crippen LogP contribution is -2.01. The van der Waals surface area contributed by atoms with Crippen LogP contribution in [0.25, 0.3) is 11.2 Å². The summed E-state index contributed by atoms with van der Waals surface area (Å²) in [5, 5.41) is 0. The van der Waals surface area contributed by atoms with E-state index in [1.54, 1.807) is 14.2 Å². The van der Waals surface area contributed by atoms with E-state index in [0.717, 1.165) is 22.5 Å². The van der Waals surface area contributed by atoms with Crippen molar-refractivity contribution in [2.75, 3.05) is 14.2 Å². The first-order valence-corrected chi connectivity index (χ1v) is 6.88. The van der Waals surface area contributed by atoms with Crippen LogP contribution in [-0.4, -0.2) is 28.8 Å². The van der Waals surface area contributed by atoms with Crippen LogP contribution in [-0.2, 0) is 6.54 Å². The molecule has 0 spiro atoms. The fourth-order valence-electron chi connectivity index (χ4n) is 2.19. The second-order valence-electron chi connectivity index (χ2n) is 4.59. The van der Waals surface area contributed by atoms with Crippen molar-refractivity contribution in [1.29, 1.82) is 0 Å². The number of H-pyrrole nitrogens is 1. The van der Waals surface area contributed by atoms with Crippen LogP contribution in [0.2, 0.25) is 0 Å². The molecule has 5 nitrogen and oxygen atoms in total. The number of aromatic amines is 1. The molecule has 0 saturated heterocycles. The van der Waals surface area contributed by atoms with Gasteiger partial charge in [-0.05, 0) is 36.0 Å². The quantitative estimate of drug-likeness (QED) is 0.752. The standard InChI is InChI=1S/C15H15N3O2S/c1-19-11-5-3-10(4-6-11)9-18-14-12(16-15(18)21)7-8-13(17-14)20-2/h3-8H,9H2,1-2H3,(H,16,21). The van der Waals surface area contributed by atoms with Crippen molar-refractivity contribution in [1.82, 2.24) is 14.5 Å². The third-order valence-electron chi connectivity index (χ3n) is 3.30. The van der Waals surface area contributed by atoms with Crippen molar-refractivity contribution in [2.45, 2.75) is 6.54 Å². The Morgan fingerprint density at radius 1 is 1.10 bits per heavy atom. The molecule has 3 aromatic rings. The molecule has 1 N–H and O–H groups in total. The van der Waals surface area contributed by atoms with Crippen LogP contribution >= 0.6 is 12.2 Å². The molecule has 0 amide bonds. The van der Waals surface area contributed by atoms with Crippen LogP contribution < -0.4 is 9.47 Å². The van der Waals surface area contributed by atoms with Gasteiger partial charge in [0.1, 0.15) is 5.75 Å². The third-order valence-corrected chi connectivity index (χ3v) is 3.62. The van der Waals surface area contributed by atoms with Crippen molar-refractivity contribution in [3.8, 4) is 11.6 Å². The number of imidazole rings is 1. The predicted octanol–water partition coefficient (Wildman–Crippen LogP) is 3.16. The number of methoxy groups -OCH3 is 2. The van der Waals surface area contributed by atoms with E-state index in [2.05, 4.69) is 9.97 Å². The summed E-state index contributed by atoms with van der Waals surface area (Å²) >= 11 is 5.38. The first-order valence-electron chi connectivity index (χ1n) is 6.48. The lowest BCUT2D eigenvalue weighted by atomic mass is 10.2. The topological polar surface area (TPSA) is 52.1 Å². The molecule has 3 rings (SSSR count). The number of benzene rings is 1. The zero-order valence-corrected chi connectivity index (χ0v) is 12.6. The number of aromatic nitrogens is 3. The minimum absolute atomic E-state index is 0.569. The van der Waals surface area contributed by atoms with E-state index in [1.165, 1.54) is 0 Å². The SMILES string of the molecule is COc1ccc(Cn2c(=S)[nH]c3ccc(OC)nc32)cc1. The lowest BCUT2D eigenvalue weighted by Gasteiger charge is -2.06. The number of pyridine rings is 1. The van der Waals surface area contributed by atoms with Gasteiger partial charge in [0.25, 0.3) is 0 Å². The molecule has 0 saturated carbocycles. The van der Waals surface area contributed by atoms with E-state index in [1.807, 2.05) is 41.0 Å². The normalized spacial score (nSPS) is 10.8. The van der Waals surface area contributed by atoms with Crippen LogP contribution in [0.1, 0.15) is 5.56 Å². The van der Waals surface area contributed by atoms with Gasteiger partial charge < -0.3 is 14.5 Å². The Hall–Kier alpha value is -2.34. The molecule has 108 valence electrons. The van der Waals surface area contributed by atoms with Crippen LogP contribution in [0.5, 0.6) is 11.6 Å². The van der Waals surface area contributed by atoms with Crippen LogP contribution in [0.4, 0.5) is 0 Å². The van der Waals surface area contributed by atoms with Gasteiger partial charge in [0, 0.05) is 6.07 Å². The maximum atomic E-state index is 5.38. The first kappa shape index (κ1) is 13.6. The number of fused-ring (bicyclic) bond motifs is 1. The van der Waals surface area contributed by atoms with Crippen LogP contribution in [0.3, 0.4) is 0 Å². The molecular formula is C15H15N3O2S. The third kappa shape index (κ3) is 2.62. The second-order valence-corrected chi connectivity index (χ2v) is 4.98. The highest BCUT2D eigenvalue weighted by Gasteiger charge is 2.08. The van der Waals surface area contributed by atoms with Crippen LogP contribution in [0.15, 0.2) is 36.4 Å². The molecule has 2 heterocycles. The van der Waals surface area contributed by atoms with E-state index < -0.39 is 0 Å². The number of nitrogens with zero attached hydrogens (tertiary/aromatic N) is 2. The average Bonchev–Trinajstić information content (AvgIpc) is 2.83. The Morgan fingerprint density at radius 3 is 2.52 bits per heavy atom. The fourth-order valence-corrected chi connectivity index (χ4v) is 2.45. The summed E-state index contributed by atoms with van der Waals surface area (Å²) in [4.78, 5) is 7.62. The molecule has 0 aliphatic heterocycles. The van der Waals surface area contributed by atoms with Gasteiger partial charge >= 0.3 is 0 Å². The zero-order valence-electron chi connectivity index (χ0n) is 11.8. The second kappa shape index (κ2) is 5.57. The van der Waals surface area contributed by atoms with Gasteiger partial charge in [-0.25, -0.2) is 0 Å². The maximum absolute atomic E-state index is 5.38. The van der Waals surface area contributed by atoms with Crippen molar-refractivity contribution in [3.63, 3.8) is 0 Å². The fraction of sp³-hybridized carbons (Fsp3) is 0.200. The summed E-state index contributed by atoms with van der Waals surface area (Å²) in [6, 6.07) is 11.6. The van der Waals surface area contributed by atoms with Crippen molar-refractivity contribution in [3.05, 3.63) is 46.7 Å². The molecule has 21 heavy (non-hydrogen) atoms. The Balaban J connectivity index is 2.02. The van der Waals surface area contributed by atoms with E-state index in [4.69, 9.17) is 21.7 Å². The molecule has 2 aromatic heterocycles. The Labute approximate surface area is 127 Å². The van der Waals surface area contributed by atoms with Gasteiger partial charge in [-0.1, -0.05) is 12.1 Å². The minimum atomic E-state index is 0.569. The largest absolute Gasteiger partial charge is 0.497 e. The Bertz CT molecular complexity index is 821. The zero-order chi connectivity index (χ0) is 14.8. The molecule has 0 aliphatic carbocycles. The molecule has 0 radical (unpaired) electrons. The number of nitrogens with one attached hydrogen (secondary N) is 1. The maximum Gasteiger partial charge on any atom is 0.215 e. The summed E-state index contributed by atoms with van der Waals surface area (Å²) in [7, 11) is 3.25. The number of rotatable bonds is 4. The van der Waals surface area contributed by atoms with Gasteiger partial charge in [-0.15, -0.1) is 0 Å². The minimum Gasteiger partial charge on any atom is -0.497 e. The molecule has 0 atom stereocenters.